The van der Waals surface area contributed by atoms with Crippen LogP contribution in [0.1, 0.15) is 17.2 Å². The van der Waals surface area contributed by atoms with Gasteiger partial charge in [0.05, 0.1) is 12.6 Å². The fourth-order valence-electron chi connectivity index (χ4n) is 1.04. The number of rotatable bonds is 2. The predicted octanol–water partition coefficient (Wildman–Crippen LogP) is 1.89. The van der Waals surface area contributed by atoms with E-state index in [0.29, 0.717) is 5.56 Å². The van der Waals surface area contributed by atoms with Crippen LogP contribution in [-0.4, -0.2) is 11.7 Å². The highest BCUT2D eigenvalue weighted by Crippen LogP contribution is 2.23. The van der Waals surface area contributed by atoms with Crippen LogP contribution in [0, 0.1) is 12.7 Å². The SMILES string of the molecule is Cc1cc(F)c(C(N)CO)cc1Br. The zero-order valence-electron chi connectivity index (χ0n) is 7.22. The van der Waals surface area contributed by atoms with Gasteiger partial charge in [0.15, 0.2) is 0 Å². The molecule has 0 saturated heterocycles. The predicted molar refractivity (Wildman–Crippen MR) is 52.9 cm³/mol. The Labute approximate surface area is 84.7 Å². The molecular weight excluding hydrogens is 237 g/mol. The maximum atomic E-state index is 13.3. The van der Waals surface area contributed by atoms with Crippen molar-refractivity contribution in [2.45, 2.75) is 13.0 Å². The average Bonchev–Trinajstić information content (AvgIpc) is 2.10. The molecule has 3 N–H and O–H groups in total. The van der Waals surface area contributed by atoms with E-state index in [1.54, 1.807) is 13.0 Å². The summed E-state index contributed by atoms with van der Waals surface area (Å²) in [6.07, 6.45) is 0. The van der Waals surface area contributed by atoms with Crippen molar-refractivity contribution < 1.29 is 9.50 Å². The monoisotopic (exact) mass is 247 g/mol. The Morgan fingerprint density at radius 3 is 2.77 bits per heavy atom. The normalized spacial score (nSPS) is 13.0. The lowest BCUT2D eigenvalue weighted by Crippen LogP contribution is -2.16. The summed E-state index contributed by atoms with van der Waals surface area (Å²) in [5.74, 6) is -0.373. The molecule has 1 aromatic carbocycles. The van der Waals surface area contributed by atoms with E-state index < -0.39 is 6.04 Å². The number of halogens is 2. The summed E-state index contributed by atoms with van der Waals surface area (Å²) in [7, 11) is 0. The van der Waals surface area contributed by atoms with Crippen LogP contribution in [0.2, 0.25) is 0 Å². The zero-order chi connectivity index (χ0) is 10.0. The summed E-state index contributed by atoms with van der Waals surface area (Å²) in [6.45, 7) is 1.54. The summed E-state index contributed by atoms with van der Waals surface area (Å²) < 4.78 is 14.1. The highest BCUT2D eigenvalue weighted by Gasteiger charge is 2.11. The fourth-order valence-corrected chi connectivity index (χ4v) is 1.41. The van der Waals surface area contributed by atoms with Crippen molar-refractivity contribution in [3.63, 3.8) is 0 Å². The van der Waals surface area contributed by atoms with Crippen LogP contribution < -0.4 is 5.73 Å². The van der Waals surface area contributed by atoms with Crippen LogP contribution in [-0.2, 0) is 0 Å². The van der Waals surface area contributed by atoms with Crippen LogP contribution >= 0.6 is 15.9 Å². The lowest BCUT2D eigenvalue weighted by atomic mass is 10.1. The van der Waals surface area contributed by atoms with E-state index in [-0.39, 0.29) is 12.4 Å². The largest absolute Gasteiger partial charge is 0.394 e. The van der Waals surface area contributed by atoms with Gasteiger partial charge in [-0.15, -0.1) is 0 Å². The molecule has 72 valence electrons. The summed E-state index contributed by atoms with van der Waals surface area (Å²) in [5.41, 5.74) is 6.65. The fraction of sp³-hybridized carbons (Fsp3) is 0.333. The van der Waals surface area contributed by atoms with Gasteiger partial charge < -0.3 is 10.8 Å². The first-order valence-corrected chi connectivity index (χ1v) is 4.67. The molecule has 0 fully saturated rings. The minimum absolute atomic E-state index is 0.258. The second kappa shape index (κ2) is 4.17. The number of aliphatic hydroxyl groups excluding tert-OH is 1. The Kier molecular flexibility index (Phi) is 3.41. The molecule has 13 heavy (non-hydrogen) atoms. The molecule has 0 spiro atoms. The van der Waals surface area contributed by atoms with E-state index >= 15 is 0 Å². The summed E-state index contributed by atoms with van der Waals surface area (Å²) in [5, 5.41) is 8.77. The third kappa shape index (κ3) is 2.27. The van der Waals surface area contributed by atoms with Crippen molar-refractivity contribution >= 4 is 15.9 Å². The minimum atomic E-state index is -0.656. The molecule has 1 aromatic rings. The lowest BCUT2D eigenvalue weighted by molar-refractivity contribution is 0.265. The molecule has 0 heterocycles. The molecule has 0 aliphatic rings. The van der Waals surface area contributed by atoms with Crippen LogP contribution in [0.3, 0.4) is 0 Å². The number of aliphatic hydroxyl groups is 1. The molecule has 1 atom stereocenters. The Hall–Kier alpha value is -0.450. The van der Waals surface area contributed by atoms with Gasteiger partial charge in [0.2, 0.25) is 0 Å². The third-order valence-electron chi connectivity index (χ3n) is 1.87. The summed E-state index contributed by atoms with van der Waals surface area (Å²) >= 11 is 3.27. The maximum absolute atomic E-state index is 13.3. The molecule has 0 aliphatic heterocycles. The smallest absolute Gasteiger partial charge is 0.128 e. The quantitative estimate of drug-likeness (QED) is 0.839. The minimum Gasteiger partial charge on any atom is -0.394 e. The highest BCUT2D eigenvalue weighted by atomic mass is 79.9. The van der Waals surface area contributed by atoms with Gasteiger partial charge in [0, 0.05) is 10.0 Å². The van der Waals surface area contributed by atoms with Crippen LogP contribution in [0.25, 0.3) is 0 Å². The Morgan fingerprint density at radius 2 is 2.23 bits per heavy atom. The average molecular weight is 248 g/mol. The van der Waals surface area contributed by atoms with Crippen molar-refractivity contribution in [3.05, 3.63) is 33.5 Å². The van der Waals surface area contributed by atoms with Crippen LogP contribution in [0.4, 0.5) is 4.39 Å². The standard InChI is InChI=1S/C9H11BrFNO/c1-5-2-8(11)6(3-7(5)10)9(12)4-13/h2-3,9,13H,4,12H2,1H3. The Balaban J connectivity index is 3.15. The Morgan fingerprint density at radius 1 is 1.62 bits per heavy atom. The second-order valence-electron chi connectivity index (χ2n) is 2.91. The van der Waals surface area contributed by atoms with Gasteiger partial charge >= 0.3 is 0 Å². The molecule has 0 saturated carbocycles. The summed E-state index contributed by atoms with van der Waals surface area (Å²) in [6, 6.07) is 2.34. The molecule has 0 bridgehead atoms. The van der Waals surface area contributed by atoms with Crippen molar-refractivity contribution in [2.24, 2.45) is 5.73 Å². The van der Waals surface area contributed by atoms with E-state index in [4.69, 9.17) is 10.8 Å². The molecule has 0 radical (unpaired) electrons. The van der Waals surface area contributed by atoms with E-state index in [9.17, 15) is 4.39 Å². The third-order valence-corrected chi connectivity index (χ3v) is 2.73. The van der Waals surface area contributed by atoms with Crippen molar-refractivity contribution in [3.8, 4) is 0 Å². The molecule has 0 amide bonds. The van der Waals surface area contributed by atoms with Crippen molar-refractivity contribution in [1.82, 2.24) is 0 Å². The number of benzene rings is 1. The van der Waals surface area contributed by atoms with Crippen molar-refractivity contribution in [1.29, 1.82) is 0 Å². The van der Waals surface area contributed by atoms with Crippen LogP contribution in [0.15, 0.2) is 16.6 Å². The first kappa shape index (κ1) is 10.6. The lowest BCUT2D eigenvalue weighted by Gasteiger charge is -2.11. The van der Waals surface area contributed by atoms with Gasteiger partial charge in [-0.1, -0.05) is 15.9 Å². The molecule has 4 heteroatoms. The molecule has 0 aromatic heterocycles. The molecular formula is C9H11BrFNO. The Bertz CT molecular complexity index is 317. The summed E-state index contributed by atoms with van der Waals surface area (Å²) in [4.78, 5) is 0. The molecule has 1 unspecified atom stereocenters. The van der Waals surface area contributed by atoms with E-state index in [1.165, 1.54) is 6.07 Å². The van der Waals surface area contributed by atoms with E-state index in [1.807, 2.05) is 0 Å². The van der Waals surface area contributed by atoms with Gasteiger partial charge in [-0.25, -0.2) is 4.39 Å². The van der Waals surface area contributed by atoms with Crippen LogP contribution in [0.5, 0.6) is 0 Å². The van der Waals surface area contributed by atoms with Gasteiger partial charge in [0.25, 0.3) is 0 Å². The van der Waals surface area contributed by atoms with E-state index in [0.717, 1.165) is 10.0 Å². The maximum Gasteiger partial charge on any atom is 0.128 e. The molecule has 1 rings (SSSR count). The number of aryl methyl sites for hydroxylation is 1. The number of hydrogen-bond acceptors (Lipinski definition) is 2. The van der Waals surface area contributed by atoms with E-state index in [2.05, 4.69) is 15.9 Å². The highest BCUT2D eigenvalue weighted by molar-refractivity contribution is 9.10. The molecule has 2 nitrogen and oxygen atoms in total. The molecule has 0 aliphatic carbocycles. The number of hydrogen-bond donors (Lipinski definition) is 2. The van der Waals surface area contributed by atoms with Crippen molar-refractivity contribution in [2.75, 3.05) is 6.61 Å². The first-order chi connectivity index (χ1) is 6.06. The van der Waals surface area contributed by atoms with Gasteiger partial charge in [-0.3, -0.25) is 0 Å². The first-order valence-electron chi connectivity index (χ1n) is 3.88. The second-order valence-corrected chi connectivity index (χ2v) is 3.77. The number of nitrogens with two attached hydrogens (primary N) is 1. The topological polar surface area (TPSA) is 46.2 Å². The van der Waals surface area contributed by atoms with Gasteiger partial charge in [-0.05, 0) is 24.6 Å². The zero-order valence-corrected chi connectivity index (χ0v) is 8.81. The van der Waals surface area contributed by atoms with Gasteiger partial charge in [0.1, 0.15) is 5.82 Å². The van der Waals surface area contributed by atoms with Gasteiger partial charge in [-0.2, -0.15) is 0 Å².